The Bertz CT molecular complexity index is 1240. The predicted molar refractivity (Wildman–Crippen MR) is 122 cm³/mol. The second-order valence-electron chi connectivity index (χ2n) is 9.13. The van der Waals surface area contributed by atoms with E-state index in [1.165, 1.54) is 6.20 Å². The van der Waals surface area contributed by atoms with E-state index in [9.17, 15) is 23.1 Å². The molecule has 1 unspecified atom stereocenters. The van der Waals surface area contributed by atoms with Crippen LogP contribution in [0.5, 0.6) is 0 Å². The molecule has 4 N–H and O–H groups in total. The van der Waals surface area contributed by atoms with Crippen LogP contribution in [0, 0.1) is 23.4 Å². The largest absolute Gasteiger partial charge is 0.394 e. The first kappa shape index (κ1) is 23.3. The van der Waals surface area contributed by atoms with Crippen LogP contribution in [-0.4, -0.2) is 54.6 Å². The van der Waals surface area contributed by atoms with Crippen LogP contribution in [-0.2, 0) is 4.79 Å². The molecule has 2 fully saturated rings. The highest BCUT2D eigenvalue weighted by Crippen LogP contribution is 2.38. The lowest BCUT2D eigenvalue weighted by Crippen LogP contribution is -2.42. The summed E-state index contributed by atoms with van der Waals surface area (Å²) < 4.78 is 43.8. The molecule has 3 heterocycles. The molecule has 12 heteroatoms. The Morgan fingerprint density at radius 1 is 1.11 bits per heavy atom. The van der Waals surface area contributed by atoms with Crippen LogP contribution in [0.4, 0.5) is 30.8 Å². The number of likely N-dealkylation sites (tertiary alicyclic amines) is 1. The van der Waals surface area contributed by atoms with Gasteiger partial charge in [0, 0.05) is 30.6 Å². The summed E-state index contributed by atoms with van der Waals surface area (Å²) in [6.07, 6.45) is 5.55. The Morgan fingerprint density at radius 2 is 1.83 bits per heavy atom. The number of nitrogens with zero attached hydrogens (tertiary/aromatic N) is 5. The van der Waals surface area contributed by atoms with Gasteiger partial charge in [-0.05, 0) is 38.5 Å². The summed E-state index contributed by atoms with van der Waals surface area (Å²) >= 11 is 0. The van der Waals surface area contributed by atoms with Gasteiger partial charge in [0.1, 0.15) is 17.0 Å². The van der Waals surface area contributed by atoms with Gasteiger partial charge in [-0.15, -0.1) is 0 Å². The molecule has 3 aromatic rings. The maximum Gasteiger partial charge on any atom is 0.226 e. The highest BCUT2D eigenvalue weighted by molar-refractivity contribution is 5.80. The van der Waals surface area contributed by atoms with Gasteiger partial charge in [-0.2, -0.15) is 4.98 Å². The molecule has 9 nitrogen and oxygen atoms in total. The van der Waals surface area contributed by atoms with E-state index in [1.54, 1.807) is 9.47 Å². The molecule has 1 aliphatic heterocycles. The number of carbonyl (C=O) groups excluding carboxylic acids is 1. The minimum atomic E-state index is -1.09. The number of halogens is 3. The highest BCUT2D eigenvalue weighted by atomic mass is 19.1. The van der Waals surface area contributed by atoms with Gasteiger partial charge in [0.25, 0.3) is 0 Å². The lowest BCUT2D eigenvalue weighted by Gasteiger charge is -2.33. The number of nitrogens with one attached hydrogen (secondary N) is 1. The van der Waals surface area contributed by atoms with Gasteiger partial charge in [0.05, 0.1) is 18.8 Å². The smallest absolute Gasteiger partial charge is 0.226 e. The first-order chi connectivity index (χ1) is 16.9. The van der Waals surface area contributed by atoms with Crippen molar-refractivity contribution >= 4 is 34.7 Å². The zero-order chi connectivity index (χ0) is 24.7. The van der Waals surface area contributed by atoms with Crippen molar-refractivity contribution in [2.45, 2.75) is 50.6 Å². The quantitative estimate of drug-likeness (QED) is 0.503. The predicted octanol–water partition coefficient (Wildman–Crippen LogP) is 3.28. The lowest BCUT2D eigenvalue weighted by molar-refractivity contribution is -0.138. The molecule has 0 spiro atoms. The number of rotatable bonds is 5. The van der Waals surface area contributed by atoms with Gasteiger partial charge in [-0.25, -0.2) is 23.1 Å². The summed E-state index contributed by atoms with van der Waals surface area (Å²) in [5.41, 5.74) is 6.04. The number of amides is 1. The van der Waals surface area contributed by atoms with Crippen LogP contribution in [0.3, 0.4) is 0 Å². The van der Waals surface area contributed by atoms with Crippen molar-refractivity contribution in [3.8, 4) is 0 Å². The maximum absolute atomic E-state index is 14.4. The molecule has 1 amide bonds. The van der Waals surface area contributed by atoms with Crippen molar-refractivity contribution in [1.29, 1.82) is 0 Å². The highest BCUT2D eigenvalue weighted by Gasteiger charge is 2.36. The van der Waals surface area contributed by atoms with Crippen molar-refractivity contribution in [2.75, 3.05) is 24.2 Å². The van der Waals surface area contributed by atoms with Crippen molar-refractivity contribution in [2.24, 2.45) is 5.92 Å². The number of aliphatic hydroxyl groups excluding tert-OH is 1. The number of fused-ring (bicyclic) bond motifs is 1. The average Bonchev–Trinajstić information content (AvgIpc) is 3.45. The van der Waals surface area contributed by atoms with Crippen molar-refractivity contribution in [1.82, 2.24) is 24.4 Å². The molecule has 1 aliphatic carbocycles. The Hall–Kier alpha value is -3.41. The normalized spacial score (nSPS) is 22.6. The zero-order valence-corrected chi connectivity index (χ0v) is 18.9. The van der Waals surface area contributed by atoms with E-state index in [-0.39, 0.29) is 42.4 Å². The number of nitrogens with two attached hydrogens (primary N) is 1. The zero-order valence-electron chi connectivity index (χ0n) is 18.9. The molecule has 1 saturated carbocycles. The summed E-state index contributed by atoms with van der Waals surface area (Å²) in [5.74, 6) is -3.15. The number of hydrogen-bond acceptors (Lipinski definition) is 7. The molecular formula is C23H26F3N7O2. The molecule has 0 bridgehead atoms. The molecule has 1 saturated heterocycles. The third kappa shape index (κ3) is 4.38. The Kier molecular flexibility index (Phi) is 6.22. The van der Waals surface area contributed by atoms with Crippen molar-refractivity contribution in [3.63, 3.8) is 0 Å². The van der Waals surface area contributed by atoms with E-state index in [0.717, 1.165) is 12.8 Å². The van der Waals surface area contributed by atoms with Gasteiger partial charge in [0.2, 0.25) is 17.8 Å². The molecule has 1 aromatic carbocycles. The van der Waals surface area contributed by atoms with Gasteiger partial charge >= 0.3 is 0 Å². The first-order valence-electron chi connectivity index (χ1n) is 11.7. The topological polar surface area (TPSA) is 122 Å². The minimum absolute atomic E-state index is 0.0253. The van der Waals surface area contributed by atoms with Crippen LogP contribution in [0.2, 0.25) is 0 Å². The van der Waals surface area contributed by atoms with Crippen LogP contribution in [0.25, 0.3) is 11.2 Å². The summed E-state index contributed by atoms with van der Waals surface area (Å²) in [6, 6.07) is 0.893. The van der Waals surface area contributed by atoms with Gasteiger partial charge in [-0.1, -0.05) is 0 Å². The third-order valence-electron chi connectivity index (χ3n) is 6.98. The Balaban J connectivity index is 1.42. The second kappa shape index (κ2) is 9.33. The van der Waals surface area contributed by atoms with E-state index >= 15 is 0 Å². The standard InChI is InChI=1S/C23H26F3N7O2/c24-13-8-16(25)19(17(26)9-13)30-23-29-18-10-28-22(27)31-20(18)33(23)14-5-3-12(4-6-14)21(35)32-7-1-2-15(32)11-34/h8-10,12,14-15,34H,1-7,11H2,(H,29,30)(H2,27,28,31). The number of aromatic nitrogens is 4. The molecule has 1 atom stereocenters. The molecule has 35 heavy (non-hydrogen) atoms. The molecule has 0 radical (unpaired) electrons. The number of imidazole rings is 1. The van der Waals surface area contributed by atoms with Gasteiger partial charge < -0.3 is 21.1 Å². The van der Waals surface area contributed by atoms with Gasteiger partial charge in [0.15, 0.2) is 17.3 Å². The third-order valence-corrected chi connectivity index (χ3v) is 6.98. The number of benzene rings is 1. The SMILES string of the molecule is Nc1ncc2nc(Nc3c(F)cc(F)cc3F)n(C3CCC(C(=O)N4CCCC4CO)CC3)c2n1. The van der Waals surface area contributed by atoms with E-state index < -0.39 is 23.1 Å². The van der Waals surface area contributed by atoms with Crippen LogP contribution >= 0.6 is 0 Å². The fourth-order valence-corrected chi connectivity index (χ4v) is 5.24. The van der Waals surface area contributed by atoms with Crippen LogP contribution in [0.15, 0.2) is 18.3 Å². The minimum Gasteiger partial charge on any atom is -0.394 e. The fourth-order valence-electron chi connectivity index (χ4n) is 5.24. The summed E-state index contributed by atoms with van der Waals surface area (Å²) in [5, 5.41) is 12.2. The lowest BCUT2D eigenvalue weighted by atomic mass is 9.85. The first-order valence-corrected chi connectivity index (χ1v) is 11.7. The number of aliphatic hydroxyl groups is 1. The average molecular weight is 490 g/mol. The molecule has 5 rings (SSSR count). The van der Waals surface area contributed by atoms with E-state index in [1.807, 2.05) is 0 Å². The molecule has 2 aromatic heterocycles. The monoisotopic (exact) mass is 489 g/mol. The van der Waals surface area contributed by atoms with Crippen LogP contribution < -0.4 is 11.1 Å². The number of hydrogen-bond donors (Lipinski definition) is 3. The maximum atomic E-state index is 14.4. The van der Waals surface area contributed by atoms with E-state index in [0.29, 0.717) is 55.5 Å². The number of nitrogen functional groups attached to an aromatic ring is 1. The van der Waals surface area contributed by atoms with Crippen LogP contribution in [0.1, 0.15) is 44.6 Å². The van der Waals surface area contributed by atoms with E-state index in [2.05, 4.69) is 20.3 Å². The Morgan fingerprint density at radius 3 is 2.51 bits per heavy atom. The molecule has 186 valence electrons. The van der Waals surface area contributed by atoms with Crippen molar-refractivity contribution < 1.29 is 23.1 Å². The number of carbonyl (C=O) groups is 1. The van der Waals surface area contributed by atoms with Gasteiger partial charge in [-0.3, -0.25) is 9.36 Å². The fraction of sp³-hybridized carbons (Fsp3) is 0.478. The number of anilines is 3. The van der Waals surface area contributed by atoms with E-state index in [4.69, 9.17) is 5.73 Å². The molecular weight excluding hydrogens is 463 g/mol. The van der Waals surface area contributed by atoms with Crippen molar-refractivity contribution in [3.05, 3.63) is 35.8 Å². The summed E-state index contributed by atoms with van der Waals surface area (Å²) in [4.78, 5) is 27.5. The summed E-state index contributed by atoms with van der Waals surface area (Å²) in [7, 11) is 0. The molecule has 2 aliphatic rings. The summed E-state index contributed by atoms with van der Waals surface area (Å²) in [6.45, 7) is 0.629. The Labute approximate surface area is 199 Å². The second-order valence-corrected chi connectivity index (χ2v) is 9.13.